The molecular weight excluding hydrogens is 308 g/mol. The molecule has 0 heterocycles. The minimum atomic E-state index is -3.32. The lowest BCUT2D eigenvalue weighted by Crippen LogP contribution is -2.39. The number of methoxy groups -OCH3 is 2. The second kappa shape index (κ2) is 8.72. The average molecular weight is 330 g/mol. The number of hydrogen-bond donors (Lipinski definition) is 1. The van der Waals surface area contributed by atoms with Crippen LogP contribution in [-0.4, -0.2) is 65.3 Å². The lowest BCUT2D eigenvalue weighted by atomic mass is 10.2. The van der Waals surface area contributed by atoms with Crippen LogP contribution in [-0.2, 0) is 14.8 Å². The summed E-state index contributed by atoms with van der Waals surface area (Å²) >= 11 is 0. The number of nitrogens with one attached hydrogen (secondary N) is 1. The molecule has 0 unspecified atom stereocenters. The van der Waals surface area contributed by atoms with Crippen LogP contribution in [0.15, 0.2) is 24.3 Å². The summed E-state index contributed by atoms with van der Waals surface area (Å²) in [5.74, 6) is 0.405. The normalized spacial score (nSPS) is 11.5. The largest absolute Gasteiger partial charge is 0.497 e. The Morgan fingerprint density at radius 1 is 1.18 bits per heavy atom. The molecule has 0 fully saturated rings. The van der Waals surface area contributed by atoms with E-state index >= 15 is 0 Å². The predicted molar refractivity (Wildman–Crippen MR) is 83.6 cm³/mol. The number of carbonyl (C=O) groups is 1. The summed E-state index contributed by atoms with van der Waals surface area (Å²) in [5, 5.41) is 2.69. The van der Waals surface area contributed by atoms with Gasteiger partial charge in [0.1, 0.15) is 5.75 Å². The molecule has 7 nitrogen and oxygen atoms in total. The van der Waals surface area contributed by atoms with Crippen molar-refractivity contribution in [2.75, 3.05) is 46.7 Å². The van der Waals surface area contributed by atoms with Gasteiger partial charge < -0.3 is 14.8 Å². The van der Waals surface area contributed by atoms with Crippen molar-refractivity contribution >= 4 is 15.9 Å². The molecule has 0 aliphatic rings. The van der Waals surface area contributed by atoms with Crippen LogP contribution >= 0.6 is 0 Å². The van der Waals surface area contributed by atoms with Crippen LogP contribution in [0.4, 0.5) is 0 Å². The lowest BCUT2D eigenvalue weighted by molar-refractivity contribution is 0.0950. The maximum absolute atomic E-state index is 11.9. The smallest absolute Gasteiger partial charge is 0.251 e. The highest BCUT2D eigenvalue weighted by atomic mass is 32.2. The van der Waals surface area contributed by atoms with Crippen LogP contribution in [0.25, 0.3) is 0 Å². The second-order valence-electron chi connectivity index (χ2n) is 4.64. The van der Waals surface area contributed by atoms with Gasteiger partial charge in [0.25, 0.3) is 5.91 Å². The topological polar surface area (TPSA) is 84.9 Å². The first-order valence-electron chi connectivity index (χ1n) is 6.74. The highest BCUT2D eigenvalue weighted by Gasteiger charge is 2.16. The maximum Gasteiger partial charge on any atom is 0.251 e. The van der Waals surface area contributed by atoms with Crippen LogP contribution in [0, 0.1) is 0 Å². The molecule has 124 valence electrons. The van der Waals surface area contributed by atoms with E-state index in [9.17, 15) is 13.2 Å². The third-order valence-corrected chi connectivity index (χ3v) is 4.32. The van der Waals surface area contributed by atoms with Crippen LogP contribution in [0.3, 0.4) is 0 Å². The van der Waals surface area contributed by atoms with Gasteiger partial charge in [-0.05, 0) is 24.3 Å². The molecule has 0 aromatic heterocycles. The van der Waals surface area contributed by atoms with Gasteiger partial charge in [-0.15, -0.1) is 0 Å². The first-order chi connectivity index (χ1) is 10.4. The van der Waals surface area contributed by atoms with E-state index in [1.807, 2.05) is 0 Å². The highest BCUT2D eigenvalue weighted by molar-refractivity contribution is 7.88. The molecule has 1 aromatic rings. The van der Waals surface area contributed by atoms with Gasteiger partial charge in [0.15, 0.2) is 0 Å². The number of sulfonamides is 1. The number of amides is 1. The number of nitrogens with zero attached hydrogens (tertiary/aromatic N) is 1. The van der Waals surface area contributed by atoms with Crippen molar-refractivity contribution in [1.29, 1.82) is 0 Å². The number of rotatable bonds is 9. The molecule has 0 aliphatic heterocycles. The van der Waals surface area contributed by atoms with Crippen molar-refractivity contribution in [2.45, 2.75) is 0 Å². The minimum absolute atomic E-state index is 0.199. The highest BCUT2D eigenvalue weighted by Crippen LogP contribution is 2.10. The van der Waals surface area contributed by atoms with E-state index in [0.717, 1.165) is 6.26 Å². The van der Waals surface area contributed by atoms with Crippen LogP contribution in [0.2, 0.25) is 0 Å². The first kappa shape index (κ1) is 18.4. The summed E-state index contributed by atoms with van der Waals surface area (Å²) < 4.78 is 34.4. The van der Waals surface area contributed by atoms with Crippen molar-refractivity contribution in [3.8, 4) is 5.75 Å². The number of hydrogen-bond acceptors (Lipinski definition) is 5. The van der Waals surface area contributed by atoms with Crippen molar-refractivity contribution in [1.82, 2.24) is 9.62 Å². The molecule has 0 aliphatic carbocycles. The molecule has 1 rings (SSSR count). The Balaban J connectivity index is 2.51. The number of carbonyl (C=O) groups excluding carboxylic acids is 1. The van der Waals surface area contributed by atoms with Gasteiger partial charge in [-0.1, -0.05) is 0 Å². The molecule has 1 N–H and O–H groups in total. The molecule has 1 amide bonds. The number of benzene rings is 1. The monoisotopic (exact) mass is 330 g/mol. The van der Waals surface area contributed by atoms with Crippen LogP contribution in [0.1, 0.15) is 10.4 Å². The van der Waals surface area contributed by atoms with Crippen molar-refractivity contribution in [2.24, 2.45) is 0 Å². The first-order valence-corrected chi connectivity index (χ1v) is 8.59. The predicted octanol–water partition coefficient (Wildman–Crippen LogP) is 0.333. The molecule has 0 radical (unpaired) electrons. The Labute approximate surface area is 131 Å². The molecule has 0 spiro atoms. The SMILES string of the molecule is COCCN(CCNC(=O)c1ccc(OC)cc1)S(C)(=O)=O. The van der Waals surface area contributed by atoms with E-state index in [0.29, 0.717) is 17.9 Å². The molecule has 8 heteroatoms. The van der Waals surface area contributed by atoms with E-state index in [-0.39, 0.29) is 25.5 Å². The summed E-state index contributed by atoms with van der Waals surface area (Å²) in [6, 6.07) is 6.67. The van der Waals surface area contributed by atoms with Crippen molar-refractivity contribution in [3.63, 3.8) is 0 Å². The summed E-state index contributed by atoms with van der Waals surface area (Å²) in [7, 11) is -0.267. The number of ether oxygens (including phenoxy) is 2. The Hall–Kier alpha value is -1.64. The van der Waals surface area contributed by atoms with Crippen LogP contribution in [0.5, 0.6) is 5.75 Å². The van der Waals surface area contributed by atoms with Gasteiger partial charge in [0.05, 0.1) is 20.0 Å². The molecule has 1 aromatic carbocycles. The van der Waals surface area contributed by atoms with E-state index in [1.54, 1.807) is 31.4 Å². The third kappa shape index (κ3) is 6.00. The Kier molecular flexibility index (Phi) is 7.30. The summed E-state index contributed by atoms with van der Waals surface area (Å²) in [6.45, 7) is 0.985. The zero-order valence-corrected chi connectivity index (χ0v) is 13.9. The standard InChI is InChI=1S/C14H22N2O5S/c1-20-11-10-16(22(3,18)19)9-8-15-14(17)12-4-6-13(21-2)7-5-12/h4-7H,8-11H2,1-3H3,(H,15,17). The zero-order valence-electron chi connectivity index (χ0n) is 13.0. The summed E-state index contributed by atoms with van der Waals surface area (Å²) in [6.07, 6.45) is 1.13. The van der Waals surface area contributed by atoms with Gasteiger partial charge in [0.2, 0.25) is 10.0 Å². The van der Waals surface area contributed by atoms with Gasteiger partial charge in [0, 0.05) is 32.3 Å². The summed E-state index contributed by atoms with van der Waals surface area (Å²) in [4.78, 5) is 11.9. The fourth-order valence-corrected chi connectivity index (χ4v) is 2.60. The quantitative estimate of drug-likeness (QED) is 0.705. The maximum atomic E-state index is 11.9. The molecular formula is C14H22N2O5S. The molecule has 0 bridgehead atoms. The molecule has 22 heavy (non-hydrogen) atoms. The average Bonchev–Trinajstić information content (AvgIpc) is 2.49. The molecule has 0 saturated heterocycles. The molecule has 0 atom stereocenters. The van der Waals surface area contributed by atoms with Crippen LogP contribution < -0.4 is 10.1 Å². The Bertz CT molecular complexity index is 571. The van der Waals surface area contributed by atoms with Crippen molar-refractivity contribution < 1.29 is 22.7 Å². The van der Waals surface area contributed by atoms with E-state index < -0.39 is 10.0 Å². The fraction of sp³-hybridized carbons (Fsp3) is 0.500. The summed E-state index contributed by atoms with van der Waals surface area (Å²) in [5.41, 5.74) is 0.489. The Morgan fingerprint density at radius 2 is 1.82 bits per heavy atom. The van der Waals surface area contributed by atoms with E-state index in [1.165, 1.54) is 11.4 Å². The Morgan fingerprint density at radius 3 is 2.32 bits per heavy atom. The lowest BCUT2D eigenvalue weighted by Gasteiger charge is -2.19. The van der Waals surface area contributed by atoms with E-state index in [4.69, 9.17) is 9.47 Å². The minimum Gasteiger partial charge on any atom is -0.497 e. The van der Waals surface area contributed by atoms with Gasteiger partial charge in [-0.2, -0.15) is 4.31 Å². The van der Waals surface area contributed by atoms with E-state index in [2.05, 4.69) is 5.32 Å². The second-order valence-corrected chi connectivity index (χ2v) is 6.62. The molecule has 0 saturated carbocycles. The van der Waals surface area contributed by atoms with Gasteiger partial charge in [-0.25, -0.2) is 8.42 Å². The fourth-order valence-electron chi connectivity index (χ4n) is 1.78. The zero-order chi connectivity index (χ0) is 16.6. The van der Waals surface area contributed by atoms with Gasteiger partial charge >= 0.3 is 0 Å². The van der Waals surface area contributed by atoms with Gasteiger partial charge in [-0.3, -0.25) is 4.79 Å². The van der Waals surface area contributed by atoms with Crippen molar-refractivity contribution in [3.05, 3.63) is 29.8 Å². The third-order valence-electron chi connectivity index (χ3n) is 3.01.